The van der Waals surface area contributed by atoms with Crippen LogP contribution in [0.4, 0.5) is 26.3 Å². The van der Waals surface area contributed by atoms with Gasteiger partial charge >= 0.3 is 6.18 Å². The first-order valence-electron chi connectivity index (χ1n) is 13.5. The third kappa shape index (κ3) is 7.45. The number of hydrogen-bond donors (Lipinski definition) is 0. The van der Waals surface area contributed by atoms with E-state index in [1.807, 2.05) is 18.2 Å². The van der Waals surface area contributed by atoms with Crippen molar-refractivity contribution in [3.8, 4) is 5.75 Å². The van der Waals surface area contributed by atoms with Gasteiger partial charge in [-0.3, -0.25) is 0 Å². The lowest BCUT2D eigenvalue weighted by Crippen LogP contribution is -2.20. The van der Waals surface area contributed by atoms with Crippen molar-refractivity contribution in [2.24, 2.45) is 11.8 Å². The van der Waals surface area contributed by atoms with Gasteiger partial charge in [-0.2, -0.15) is 13.2 Å². The van der Waals surface area contributed by atoms with Crippen LogP contribution in [0, 0.1) is 29.3 Å². The standard InChI is InChI=1S/C31H34F6O/c1-2-3-20-4-6-21(7-5-20)8-9-22-11-15-26-25(16-22)14-13-24(29(26)34)12-10-23-17-27(32)30(28(33)18-23)38-19-31(35,36)37/h11,13-18,20-21H,2-10,12,19H2,1H3. The molecule has 0 radical (unpaired) electrons. The third-order valence-corrected chi connectivity index (χ3v) is 7.72. The molecule has 0 aliphatic heterocycles. The smallest absolute Gasteiger partial charge is 0.422 e. The molecule has 1 fully saturated rings. The lowest BCUT2D eigenvalue weighted by Gasteiger charge is -2.28. The summed E-state index contributed by atoms with van der Waals surface area (Å²) in [7, 11) is 0. The summed E-state index contributed by atoms with van der Waals surface area (Å²) < 4.78 is 84.7. The molecule has 0 bridgehead atoms. The molecular weight excluding hydrogens is 502 g/mol. The summed E-state index contributed by atoms with van der Waals surface area (Å²) >= 11 is 0. The molecule has 0 spiro atoms. The fourth-order valence-electron chi connectivity index (χ4n) is 5.65. The molecule has 3 aromatic rings. The molecule has 7 heteroatoms. The van der Waals surface area contributed by atoms with Crippen LogP contribution in [0.15, 0.2) is 42.5 Å². The van der Waals surface area contributed by atoms with E-state index in [9.17, 15) is 22.0 Å². The number of ether oxygens (including phenoxy) is 1. The zero-order valence-electron chi connectivity index (χ0n) is 21.7. The summed E-state index contributed by atoms with van der Waals surface area (Å²) in [6, 6.07) is 11.2. The zero-order chi connectivity index (χ0) is 27.3. The van der Waals surface area contributed by atoms with Crippen molar-refractivity contribution in [2.75, 3.05) is 6.61 Å². The highest BCUT2D eigenvalue weighted by Gasteiger charge is 2.30. The molecule has 1 nitrogen and oxygen atoms in total. The van der Waals surface area contributed by atoms with Gasteiger partial charge < -0.3 is 4.74 Å². The highest BCUT2D eigenvalue weighted by atomic mass is 19.4. The number of halogens is 6. The van der Waals surface area contributed by atoms with Gasteiger partial charge in [0.1, 0.15) is 5.82 Å². The van der Waals surface area contributed by atoms with E-state index < -0.39 is 30.2 Å². The molecule has 0 unspecified atom stereocenters. The predicted molar refractivity (Wildman–Crippen MR) is 138 cm³/mol. The Morgan fingerprint density at radius 3 is 2.05 bits per heavy atom. The lowest BCUT2D eigenvalue weighted by molar-refractivity contribution is -0.154. The Labute approximate surface area is 220 Å². The number of rotatable bonds is 10. The van der Waals surface area contributed by atoms with Gasteiger partial charge in [-0.05, 0) is 71.7 Å². The van der Waals surface area contributed by atoms with Crippen molar-refractivity contribution in [1.82, 2.24) is 0 Å². The number of alkyl halides is 3. The van der Waals surface area contributed by atoms with Crippen LogP contribution in [0.5, 0.6) is 5.75 Å². The van der Waals surface area contributed by atoms with Crippen LogP contribution in [-0.4, -0.2) is 12.8 Å². The Morgan fingerprint density at radius 1 is 0.763 bits per heavy atom. The van der Waals surface area contributed by atoms with Crippen LogP contribution in [0.1, 0.15) is 68.6 Å². The lowest BCUT2D eigenvalue weighted by atomic mass is 9.78. The maximum absolute atomic E-state index is 15.2. The maximum Gasteiger partial charge on any atom is 0.422 e. The van der Waals surface area contributed by atoms with E-state index in [0.717, 1.165) is 42.2 Å². The van der Waals surface area contributed by atoms with E-state index in [4.69, 9.17) is 0 Å². The minimum Gasteiger partial charge on any atom is -0.478 e. The predicted octanol–water partition coefficient (Wildman–Crippen LogP) is 9.52. The Hall–Kier alpha value is -2.70. The van der Waals surface area contributed by atoms with Crippen molar-refractivity contribution >= 4 is 10.8 Å². The second kappa shape index (κ2) is 12.4. The van der Waals surface area contributed by atoms with E-state index in [0.29, 0.717) is 10.9 Å². The van der Waals surface area contributed by atoms with Crippen molar-refractivity contribution in [3.63, 3.8) is 0 Å². The second-order valence-electron chi connectivity index (χ2n) is 10.6. The fourth-order valence-corrected chi connectivity index (χ4v) is 5.65. The third-order valence-electron chi connectivity index (χ3n) is 7.72. The summed E-state index contributed by atoms with van der Waals surface area (Å²) in [4.78, 5) is 0. The normalized spacial score (nSPS) is 18.2. The van der Waals surface area contributed by atoms with E-state index >= 15 is 4.39 Å². The number of hydrogen-bond acceptors (Lipinski definition) is 1. The molecule has 1 saturated carbocycles. The number of fused-ring (bicyclic) bond motifs is 1. The monoisotopic (exact) mass is 536 g/mol. The molecule has 3 aromatic carbocycles. The molecule has 38 heavy (non-hydrogen) atoms. The highest BCUT2D eigenvalue weighted by molar-refractivity contribution is 5.84. The molecule has 1 aliphatic rings. The van der Waals surface area contributed by atoms with Gasteiger partial charge in [0.2, 0.25) is 0 Å². The van der Waals surface area contributed by atoms with Crippen LogP contribution in [0.3, 0.4) is 0 Å². The van der Waals surface area contributed by atoms with Crippen molar-refractivity contribution in [1.29, 1.82) is 0 Å². The summed E-state index contributed by atoms with van der Waals surface area (Å²) in [5.74, 6) is -2.21. The molecule has 1 aliphatic carbocycles. The van der Waals surface area contributed by atoms with Gasteiger partial charge in [0.15, 0.2) is 24.0 Å². The molecule has 206 valence electrons. The van der Waals surface area contributed by atoms with Gasteiger partial charge in [0, 0.05) is 5.39 Å². The first-order chi connectivity index (χ1) is 18.1. The van der Waals surface area contributed by atoms with Crippen LogP contribution < -0.4 is 4.74 Å². The van der Waals surface area contributed by atoms with Crippen LogP contribution in [0.2, 0.25) is 0 Å². The van der Waals surface area contributed by atoms with E-state index in [1.54, 1.807) is 12.1 Å². The average Bonchev–Trinajstić information content (AvgIpc) is 2.87. The van der Waals surface area contributed by atoms with E-state index in [2.05, 4.69) is 11.7 Å². The molecule has 0 amide bonds. The van der Waals surface area contributed by atoms with E-state index in [1.165, 1.54) is 44.1 Å². The number of aryl methyl sites for hydroxylation is 3. The van der Waals surface area contributed by atoms with Gasteiger partial charge in [-0.25, -0.2) is 13.2 Å². The Morgan fingerprint density at radius 2 is 1.42 bits per heavy atom. The van der Waals surface area contributed by atoms with Crippen LogP contribution >= 0.6 is 0 Å². The Kier molecular flexibility index (Phi) is 9.27. The summed E-state index contributed by atoms with van der Waals surface area (Å²) in [5, 5.41) is 1.32. The first-order valence-corrected chi connectivity index (χ1v) is 13.5. The van der Waals surface area contributed by atoms with Gasteiger partial charge in [-0.15, -0.1) is 0 Å². The topological polar surface area (TPSA) is 9.23 Å². The van der Waals surface area contributed by atoms with Gasteiger partial charge in [0.25, 0.3) is 0 Å². The molecule has 0 N–H and O–H groups in total. The minimum absolute atomic E-state index is 0.119. The summed E-state index contributed by atoms with van der Waals surface area (Å²) in [6.45, 7) is 0.465. The van der Waals surface area contributed by atoms with Crippen LogP contribution in [-0.2, 0) is 19.3 Å². The van der Waals surface area contributed by atoms with Gasteiger partial charge in [-0.1, -0.05) is 75.8 Å². The van der Waals surface area contributed by atoms with Gasteiger partial charge in [0.05, 0.1) is 0 Å². The molecular formula is C31H34F6O. The Balaban J connectivity index is 1.36. The van der Waals surface area contributed by atoms with Crippen molar-refractivity contribution in [3.05, 3.63) is 76.6 Å². The fraction of sp³-hybridized carbons (Fsp3) is 0.484. The second-order valence-corrected chi connectivity index (χ2v) is 10.6. The quantitative estimate of drug-likeness (QED) is 0.235. The average molecular weight is 537 g/mol. The maximum atomic E-state index is 15.2. The molecule has 0 aromatic heterocycles. The Bertz CT molecular complexity index is 1200. The van der Waals surface area contributed by atoms with Crippen molar-refractivity contribution in [2.45, 2.75) is 77.3 Å². The van der Waals surface area contributed by atoms with Crippen LogP contribution in [0.25, 0.3) is 10.8 Å². The van der Waals surface area contributed by atoms with E-state index in [-0.39, 0.29) is 24.2 Å². The molecule has 0 heterocycles. The summed E-state index contributed by atoms with van der Waals surface area (Å²) in [6.07, 6.45) is 5.59. The number of benzene rings is 3. The minimum atomic E-state index is -4.71. The SMILES string of the molecule is CCCC1CCC(CCc2ccc3c(F)c(CCc4cc(F)c(OCC(F)(F)F)c(F)c4)ccc3c2)CC1. The largest absolute Gasteiger partial charge is 0.478 e. The zero-order valence-corrected chi connectivity index (χ0v) is 21.7. The highest BCUT2D eigenvalue weighted by Crippen LogP contribution is 2.34. The van der Waals surface area contributed by atoms with Crippen molar-refractivity contribution < 1.29 is 31.1 Å². The molecule has 4 rings (SSSR count). The molecule has 0 saturated heterocycles. The molecule has 0 atom stereocenters. The first kappa shape index (κ1) is 28.3. The summed E-state index contributed by atoms with van der Waals surface area (Å²) in [5.41, 5.74) is 1.81.